The summed E-state index contributed by atoms with van der Waals surface area (Å²) >= 11 is 0. The summed E-state index contributed by atoms with van der Waals surface area (Å²) in [6, 6.07) is 0.187. The Morgan fingerprint density at radius 3 is 2.87 bits per heavy atom. The Morgan fingerprint density at radius 2 is 2.17 bits per heavy atom. The van der Waals surface area contributed by atoms with Gasteiger partial charge in [0, 0.05) is 32.9 Å². The maximum absolute atomic E-state index is 12.2. The second kappa shape index (κ2) is 5.77. The third-order valence-corrected chi connectivity index (χ3v) is 4.31. The van der Waals surface area contributed by atoms with E-state index in [4.69, 9.17) is 4.74 Å². The molecule has 0 aromatic carbocycles. The largest absolute Gasteiger partial charge is 0.375 e. The first-order valence-corrected chi connectivity index (χ1v) is 7.95. The normalized spacial score (nSPS) is 18.2. The molecular weight excluding hydrogens is 296 g/mol. The lowest BCUT2D eigenvalue weighted by Crippen LogP contribution is -2.51. The van der Waals surface area contributed by atoms with Gasteiger partial charge in [0.25, 0.3) is 5.91 Å². The highest BCUT2D eigenvalue weighted by atomic mass is 16.5. The Labute approximate surface area is 134 Å². The summed E-state index contributed by atoms with van der Waals surface area (Å²) in [4.78, 5) is 18.1. The highest BCUT2D eigenvalue weighted by Crippen LogP contribution is 2.29. The quantitative estimate of drug-likeness (QED) is 0.781. The molecule has 0 spiro atoms. The lowest BCUT2D eigenvalue weighted by molar-refractivity contribution is 0.0492. The van der Waals surface area contributed by atoms with E-state index in [0.717, 1.165) is 18.2 Å². The SMILES string of the molecule is Cn1cnc(C(=O)N2CC(n3cc(COCC4CC4)nn3)C2)c1. The van der Waals surface area contributed by atoms with Gasteiger partial charge in [-0.2, -0.15) is 0 Å². The Bertz CT molecular complexity index is 698. The highest BCUT2D eigenvalue weighted by Gasteiger charge is 2.34. The molecule has 0 bridgehead atoms. The number of amides is 1. The molecule has 2 fully saturated rings. The Kier molecular flexibility index (Phi) is 3.60. The van der Waals surface area contributed by atoms with Crippen LogP contribution in [0.25, 0.3) is 0 Å². The van der Waals surface area contributed by atoms with Crippen LogP contribution >= 0.6 is 0 Å². The topological polar surface area (TPSA) is 78.1 Å². The summed E-state index contributed by atoms with van der Waals surface area (Å²) < 4.78 is 9.22. The van der Waals surface area contributed by atoms with Gasteiger partial charge in [-0.1, -0.05) is 5.21 Å². The summed E-state index contributed by atoms with van der Waals surface area (Å²) in [6.45, 7) is 2.62. The molecule has 1 saturated carbocycles. The van der Waals surface area contributed by atoms with Crippen LogP contribution < -0.4 is 0 Å². The van der Waals surface area contributed by atoms with Gasteiger partial charge in [0.1, 0.15) is 11.4 Å². The first kappa shape index (κ1) is 14.4. The summed E-state index contributed by atoms with van der Waals surface area (Å²) in [5.74, 6) is 0.720. The van der Waals surface area contributed by atoms with E-state index >= 15 is 0 Å². The Hall–Kier alpha value is -2.22. The fourth-order valence-corrected chi connectivity index (χ4v) is 2.65. The maximum Gasteiger partial charge on any atom is 0.274 e. The van der Waals surface area contributed by atoms with Crippen LogP contribution in [0.4, 0.5) is 0 Å². The first-order valence-electron chi connectivity index (χ1n) is 7.95. The maximum atomic E-state index is 12.2. The van der Waals surface area contributed by atoms with Crippen LogP contribution in [-0.2, 0) is 18.4 Å². The van der Waals surface area contributed by atoms with Crippen LogP contribution in [0.15, 0.2) is 18.7 Å². The van der Waals surface area contributed by atoms with Gasteiger partial charge in [0.15, 0.2) is 0 Å². The van der Waals surface area contributed by atoms with Crippen LogP contribution in [0.3, 0.4) is 0 Å². The molecule has 0 atom stereocenters. The fourth-order valence-electron chi connectivity index (χ4n) is 2.65. The molecule has 1 amide bonds. The molecule has 0 N–H and O–H groups in total. The van der Waals surface area contributed by atoms with E-state index in [1.54, 1.807) is 22.0 Å². The van der Waals surface area contributed by atoms with Crippen molar-refractivity contribution in [2.24, 2.45) is 13.0 Å². The molecule has 0 unspecified atom stereocenters. The van der Waals surface area contributed by atoms with Gasteiger partial charge >= 0.3 is 0 Å². The zero-order valence-electron chi connectivity index (χ0n) is 13.1. The third kappa shape index (κ3) is 3.12. The van der Waals surface area contributed by atoms with Crippen molar-refractivity contribution < 1.29 is 9.53 Å². The Balaban J connectivity index is 1.27. The van der Waals surface area contributed by atoms with Crippen LogP contribution in [0.1, 0.15) is 35.1 Å². The number of rotatable bonds is 6. The first-order chi connectivity index (χ1) is 11.2. The highest BCUT2D eigenvalue weighted by molar-refractivity contribution is 5.92. The van der Waals surface area contributed by atoms with Crippen molar-refractivity contribution in [3.8, 4) is 0 Å². The van der Waals surface area contributed by atoms with Crippen LogP contribution in [0.5, 0.6) is 0 Å². The lowest BCUT2D eigenvalue weighted by atomic mass is 10.1. The number of aryl methyl sites for hydroxylation is 1. The van der Waals surface area contributed by atoms with Gasteiger partial charge in [-0.25, -0.2) is 9.67 Å². The molecule has 0 radical (unpaired) electrons. The van der Waals surface area contributed by atoms with E-state index in [9.17, 15) is 4.79 Å². The second-order valence-electron chi connectivity index (χ2n) is 6.44. The van der Waals surface area contributed by atoms with E-state index in [2.05, 4.69) is 15.3 Å². The molecule has 8 nitrogen and oxygen atoms in total. The average Bonchev–Trinajstić information content (AvgIpc) is 3.01. The third-order valence-electron chi connectivity index (χ3n) is 4.31. The van der Waals surface area contributed by atoms with Crippen molar-refractivity contribution in [3.63, 3.8) is 0 Å². The fraction of sp³-hybridized carbons (Fsp3) is 0.600. The molecule has 8 heteroatoms. The Morgan fingerprint density at radius 1 is 1.35 bits per heavy atom. The molecule has 3 heterocycles. The number of hydrogen-bond acceptors (Lipinski definition) is 5. The van der Waals surface area contributed by atoms with Crippen molar-refractivity contribution in [2.75, 3.05) is 19.7 Å². The van der Waals surface area contributed by atoms with E-state index in [-0.39, 0.29) is 11.9 Å². The molecule has 1 aliphatic heterocycles. The molecule has 1 aliphatic carbocycles. The lowest BCUT2D eigenvalue weighted by Gasteiger charge is -2.38. The minimum absolute atomic E-state index is 0.0324. The van der Waals surface area contributed by atoms with Crippen molar-refractivity contribution in [1.82, 2.24) is 29.4 Å². The molecule has 4 rings (SSSR count). The van der Waals surface area contributed by atoms with E-state index < -0.39 is 0 Å². The predicted octanol–water partition coefficient (Wildman–Crippen LogP) is 0.635. The van der Waals surface area contributed by atoms with Gasteiger partial charge < -0.3 is 14.2 Å². The summed E-state index contributed by atoms with van der Waals surface area (Å²) in [5, 5.41) is 8.29. The molecule has 1 saturated heterocycles. The molecule has 23 heavy (non-hydrogen) atoms. The smallest absolute Gasteiger partial charge is 0.274 e. The van der Waals surface area contributed by atoms with Gasteiger partial charge in [-0.3, -0.25) is 4.79 Å². The number of likely N-dealkylation sites (tertiary alicyclic amines) is 1. The zero-order valence-corrected chi connectivity index (χ0v) is 13.1. The number of ether oxygens (including phenoxy) is 1. The van der Waals surface area contributed by atoms with E-state index in [1.807, 2.05) is 17.9 Å². The minimum Gasteiger partial charge on any atom is -0.375 e. The number of imidazole rings is 1. The van der Waals surface area contributed by atoms with Gasteiger partial charge in [-0.15, -0.1) is 5.10 Å². The van der Waals surface area contributed by atoms with Crippen LogP contribution in [-0.4, -0.2) is 55.0 Å². The van der Waals surface area contributed by atoms with E-state index in [1.165, 1.54) is 12.8 Å². The zero-order chi connectivity index (χ0) is 15.8. The summed E-state index contributed by atoms with van der Waals surface area (Å²) in [5.41, 5.74) is 1.33. The van der Waals surface area contributed by atoms with Crippen molar-refractivity contribution in [1.29, 1.82) is 0 Å². The second-order valence-corrected chi connectivity index (χ2v) is 6.44. The van der Waals surface area contributed by atoms with Crippen LogP contribution in [0.2, 0.25) is 0 Å². The van der Waals surface area contributed by atoms with Gasteiger partial charge in [0.2, 0.25) is 0 Å². The monoisotopic (exact) mass is 316 g/mol. The molecule has 2 aliphatic rings. The molecule has 2 aromatic rings. The van der Waals surface area contributed by atoms with Crippen molar-refractivity contribution >= 4 is 5.91 Å². The van der Waals surface area contributed by atoms with Crippen LogP contribution in [0, 0.1) is 5.92 Å². The number of carbonyl (C=O) groups excluding carboxylic acids is 1. The van der Waals surface area contributed by atoms with Gasteiger partial charge in [0.05, 0.1) is 25.2 Å². The van der Waals surface area contributed by atoms with Crippen molar-refractivity contribution in [3.05, 3.63) is 30.1 Å². The summed E-state index contributed by atoms with van der Waals surface area (Å²) in [7, 11) is 1.85. The number of carbonyl (C=O) groups is 1. The molecule has 122 valence electrons. The van der Waals surface area contributed by atoms with Crippen molar-refractivity contribution in [2.45, 2.75) is 25.5 Å². The number of hydrogen-bond donors (Lipinski definition) is 0. The predicted molar refractivity (Wildman–Crippen MR) is 80.6 cm³/mol. The number of nitrogens with zero attached hydrogens (tertiary/aromatic N) is 6. The average molecular weight is 316 g/mol. The standard InChI is InChI=1S/C15H20N6O2/c1-19-7-14(16-10-19)15(22)20-5-13(6-20)21-4-12(17-18-21)9-23-8-11-2-3-11/h4,7,10-11,13H,2-3,5-6,8-9H2,1H3. The number of aromatic nitrogens is 5. The van der Waals surface area contributed by atoms with E-state index in [0.29, 0.717) is 25.4 Å². The molecular formula is C15H20N6O2. The minimum atomic E-state index is -0.0324. The van der Waals surface area contributed by atoms with Gasteiger partial charge in [-0.05, 0) is 18.8 Å². The summed E-state index contributed by atoms with van der Waals surface area (Å²) in [6.07, 6.45) is 7.86. The molecule has 2 aromatic heterocycles.